The van der Waals surface area contributed by atoms with E-state index in [1.165, 1.54) is 6.20 Å². The number of rotatable bonds is 2. The van der Waals surface area contributed by atoms with Gasteiger partial charge in [-0.15, -0.1) is 0 Å². The van der Waals surface area contributed by atoms with Gasteiger partial charge < -0.3 is 9.94 Å². The SMILES string of the molecule is COC1(c2cccc[n+]2[O-])CC(C)(C)C(=O)c2ccc(Br)cc21. The molecule has 1 heterocycles. The summed E-state index contributed by atoms with van der Waals surface area (Å²) in [5.74, 6) is 0.0704. The molecule has 0 saturated carbocycles. The number of ether oxygens (including phenoxy) is 1. The average Bonchev–Trinajstić information content (AvgIpc) is 2.52. The fraction of sp³-hybridized carbons (Fsp3) is 0.333. The van der Waals surface area contributed by atoms with E-state index in [0.29, 0.717) is 17.7 Å². The minimum atomic E-state index is -0.959. The van der Waals surface area contributed by atoms with Crippen LogP contribution < -0.4 is 4.73 Å². The Balaban J connectivity index is 2.37. The van der Waals surface area contributed by atoms with E-state index < -0.39 is 11.0 Å². The van der Waals surface area contributed by atoms with Gasteiger partial charge in [0.05, 0.1) is 0 Å². The molecule has 0 bridgehead atoms. The van der Waals surface area contributed by atoms with Gasteiger partial charge in [0.1, 0.15) is 0 Å². The predicted molar refractivity (Wildman–Crippen MR) is 90.1 cm³/mol. The Labute approximate surface area is 143 Å². The number of hydrogen-bond donors (Lipinski definition) is 0. The van der Waals surface area contributed by atoms with Crippen LogP contribution in [0.4, 0.5) is 0 Å². The zero-order valence-corrected chi connectivity index (χ0v) is 14.9. The van der Waals surface area contributed by atoms with Crippen molar-refractivity contribution in [3.8, 4) is 0 Å². The van der Waals surface area contributed by atoms with Crippen LogP contribution in [0.5, 0.6) is 0 Å². The molecule has 1 atom stereocenters. The van der Waals surface area contributed by atoms with Gasteiger partial charge in [-0.3, -0.25) is 4.79 Å². The molecule has 0 aliphatic heterocycles. The molecule has 1 aliphatic rings. The van der Waals surface area contributed by atoms with Gasteiger partial charge in [-0.25, -0.2) is 0 Å². The van der Waals surface area contributed by atoms with Gasteiger partial charge in [0.2, 0.25) is 5.69 Å². The van der Waals surface area contributed by atoms with Gasteiger partial charge >= 0.3 is 0 Å². The first-order valence-corrected chi connectivity index (χ1v) is 8.20. The van der Waals surface area contributed by atoms with Gasteiger partial charge in [0.25, 0.3) is 0 Å². The fourth-order valence-electron chi connectivity index (χ4n) is 3.47. The van der Waals surface area contributed by atoms with E-state index in [2.05, 4.69) is 15.9 Å². The lowest BCUT2D eigenvalue weighted by molar-refractivity contribution is -0.622. The highest BCUT2D eigenvalue weighted by Gasteiger charge is 2.53. The topological polar surface area (TPSA) is 53.2 Å². The molecular weight excluding hydrogens is 358 g/mol. The molecule has 120 valence electrons. The normalized spacial score (nSPS) is 22.7. The van der Waals surface area contributed by atoms with Gasteiger partial charge in [-0.05, 0) is 24.3 Å². The number of carbonyl (C=O) groups is 1. The maximum Gasteiger partial charge on any atom is 0.229 e. The lowest BCUT2D eigenvalue weighted by atomic mass is 9.64. The van der Waals surface area contributed by atoms with Crippen molar-refractivity contribution in [2.24, 2.45) is 5.41 Å². The third-order valence-electron chi connectivity index (χ3n) is 4.55. The first-order valence-electron chi connectivity index (χ1n) is 7.40. The summed E-state index contributed by atoms with van der Waals surface area (Å²) < 4.78 is 7.58. The lowest BCUT2D eigenvalue weighted by Crippen LogP contribution is -2.51. The summed E-state index contributed by atoms with van der Waals surface area (Å²) >= 11 is 3.46. The smallest absolute Gasteiger partial charge is 0.229 e. The van der Waals surface area contributed by atoms with Crippen LogP contribution in [0.2, 0.25) is 0 Å². The summed E-state index contributed by atoms with van der Waals surface area (Å²) in [6.07, 6.45) is 1.86. The second-order valence-electron chi connectivity index (χ2n) is 6.52. The molecule has 0 fully saturated rings. The molecule has 1 aliphatic carbocycles. The minimum absolute atomic E-state index is 0.0704. The number of benzene rings is 1. The molecule has 1 unspecified atom stereocenters. The highest BCUT2D eigenvalue weighted by Crippen LogP contribution is 2.49. The number of Topliss-reactive ketones (excluding diaryl/α,β-unsaturated/α-hetero) is 1. The van der Waals surface area contributed by atoms with E-state index in [1.807, 2.05) is 32.0 Å². The number of methoxy groups -OCH3 is 1. The first kappa shape index (κ1) is 16.1. The molecule has 4 nitrogen and oxygen atoms in total. The Bertz CT molecular complexity index is 788. The van der Waals surface area contributed by atoms with Crippen LogP contribution in [-0.4, -0.2) is 12.9 Å². The zero-order chi connectivity index (χ0) is 16.8. The van der Waals surface area contributed by atoms with Crippen molar-refractivity contribution >= 4 is 21.7 Å². The summed E-state index contributed by atoms with van der Waals surface area (Å²) in [7, 11) is 1.59. The second kappa shape index (κ2) is 5.42. The summed E-state index contributed by atoms with van der Waals surface area (Å²) in [5, 5.41) is 12.4. The maximum absolute atomic E-state index is 12.8. The molecule has 0 spiro atoms. The molecule has 0 saturated heterocycles. The summed E-state index contributed by atoms with van der Waals surface area (Å²) in [6.45, 7) is 3.79. The maximum atomic E-state index is 12.8. The summed E-state index contributed by atoms with van der Waals surface area (Å²) in [6, 6.07) is 10.8. The molecule has 0 radical (unpaired) electrons. The fourth-order valence-corrected chi connectivity index (χ4v) is 3.83. The van der Waals surface area contributed by atoms with Crippen molar-refractivity contribution in [3.05, 3.63) is 69.1 Å². The van der Waals surface area contributed by atoms with E-state index in [9.17, 15) is 10.0 Å². The Morgan fingerprint density at radius 1 is 1.26 bits per heavy atom. The third kappa shape index (κ3) is 2.39. The number of nitrogens with zero attached hydrogens (tertiary/aromatic N) is 1. The highest BCUT2D eigenvalue weighted by molar-refractivity contribution is 9.10. The van der Waals surface area contributed by atoms with Crippen LogP contribution in [0, 0.1) is 10.6 Å². The van der Waals surface area contributed by atoms with E-state index >= 15 is 0 Å². The lowest BCUT2D eigenvalue weighted by Gasteiger charge is -2.42. The van der Waals surface area contributed by atoms with Gasteiger partial charge in [0, 0.05) is 46.7 Å². The zero-order valence-electron chi connectivity index (χ0n) is 13.3. The molecule has 2 aromatic rings. The van der Waals surface area contributed by atoms with Crippen LogP contribution in [0.3, 0.4) is 0 Å². The molecule has 0 N–H and O–H groups in total. The number of pyridine rings is 1. The number of halogens is 1. The highest BCUT2D eigenvalue weighted by atomic mass is 79.9. The monoisotopic (exact) mass is 375 g/mol. The third-order valence-corrected chi connectivity index (χ3v) is 5.05. The number of fused-ring (bicyclic) bond motifs is 1. The second-order valence-corrected chi connectivity index (χ2v) is 7.44. The van der Waals surface area contributed by atoms with Crippen molar-refractivity contribution < 1.29 is 14.3 Å². The Kier molecular flexibility index (Phi) is 3.81. The van der Waals surface area contributed by atoms with E-state index in [-0.39, 0.29) is 5.78 Å². The van der Waals surface area contributed by atoms with Crippen LogP contribution in [0.25, 0.3) is 0 Å². The number of ketones is 1. The summed E-state index contributed by atoms with van der Waals surface area (Å²) in [5.41, 5.74) is 0.242. The number of aromatic nitrogens is 1. The molecule has 3 rings (SSSR count). The Morgan fingerprint density at radius 3 is 2.65 bits per heavy atom. The van der Waals surface area contributed by atoms with E-state index in [0.717, 1.165) is 14.8 Å². The van der Waals surface area contributed by atoms with Crippen molar-refractivity contribution in [1.82, 2.24) is 0 Å². The van der Waals surface area contributed by atoms with Crippen LogP contribution in [-0.2, 0) is 10.3 Å². The number of hydrogen-bond acceptors (Lipinski definition) is 3. The van der Waals surface area contributed by atoms with Crippen LogP contribution in [0.15, 0.2) is 47.1 Å². The minimum Gasteiger partial charge on any atom is -0.618 e. The number of carbonyl (C=O) groups excluding carboxylic acids is 1. The van der Waals surface area contributed by atoms with Gasteiger partial charge in [-0.2, -0.15) is 4.73 Å². The van der Waals surface area contributed by atoms with Crippen molar-refractivity contribution in [3.63, 3.8) is 0 Å². The average molecular weight is 376 g/mol. The van der Waals surface area contributed by atoms with E-state index in [4.69, 9.17) is 4.74 Å². The van der Waals surface area contributed by atoms with Gasteiger partial charge in [0.15, 0.2) is 17.6 Å². The first-order chi connectivity index (χ1) is 10.8. The molecule has 23 heavy (non-hydrogen) atoms. The van der Waals surface area contributed by atoms with Crippen molar-refractivity contribution in [2.75, 3.05) is 7.11 Å². The Hall–Kier alpha value is -1.72. The van der Waals surface area contributed by atoms with Crippen molar-refractivity contribution in [1.29, 1.82) is 0 Å². The molecular formula is C18H18BrNO3. The van der Waals surface area contributed by atoms with E-state index in [1.54, 1.807) is 25.3 Å². The Morgan fingerprint density at radius 2 is 2.00 bits per heavy atom. The van der Waals surface area contributed by atoms with Crippen LogP contribution in [0.1, 0.15) is 41.9 Å². The summed E-state index contributed by atoms with van der Waals surface area (Å²) in [4.78, 5) is 12.8. The molecule has 1 aromatic carbocycles. The molecule has 1 aromatic heterocycles. The van der Waals surface area contributed by atoms with Crippen molar-refractivity contribution in [2.45, 2.75) is 25.9 Å². The predicted octanol–water partition coefficient (Wildman–Crippen LogP) is 3.59. The largest absolute Gasteiger partial charge is 0.618 e. The molecule has 5 heteroatoms. The van der Waals surface area contributed by atoms with Gasteiger partial charge in [-0.1, -0.05) is 29.8 Å². The van der Waals surface area contributed by atoms with Crippen LogP contribution >= 0.6 is 15.9 Å². The molecule has 0 amide bonds. The quantitative estimate of drug-likeness (QED) is 0.595. The standard InChI is InChI=1S/C18H18BrNO3/c1-17(2)11-18(23-3,15-6-4-5-9-20(15)22)14-10-12(19)7-8-13(14)16(17)21/h4-10H,11H2,1-3H3.